The van der Waals surface area contributed by atoms with Crippen LogP contribution in [0, 0.1) is 0 Å². The number of hydrogen-bond acceptors (Lipinski definition) is 3. The molecule has 3 rings (SSSR count). The average molecular weight is 356 g/mol. The van der Waals surface area contributed by atoms with Crippen molar-refractivity contribution in [1.82, 2.24) is 20.2 Å². The fourth-order valence-corrected chi connectivity index (χ4v) is 3.57. The number of thiophene rings is 1. The summed E-state index contributed by atoms with van der Waals surface area (Å²) in [5.41, 5.74) is 3.62. The number of hydrogen-bond donors (Lipinski definition) is 2. The average Bonchev–Trinajstić information content (AvgIpc) is 3.31. The third-order valence-electron chi connectivity index (χ3n) is 4.31. The summed E-state index contributed by atoms with van der Waals surface area (Å²) < 4.78 is 2.20. The number of aliphatic imine (C=N–C) groups is 1. The van der Waals surface area contributed by atoms with Gasteiger partial charge in [-0.15, -0.1) is 0 Å². The van der Waals surface area contributed by atoms with Crippen LogP contribution in [0.2, 0.25) is 0 Å². The summed E-state index contributed by atoms with van der Waals surface area (Å²) in [5.74, 6) is 1.33. The molecule has 0 radical (unpaired) electrons. The minimum absolute atomic E-state index is 0.474. The Kier molecular flexibility index (Phi) is 6.06. The van der Waals surface area contributed by atoms with E-state index in [2.05, 4.69) is 61.1 Å². The highest BCUT2D eigenvalue weighted by molar-refractivity contribution is 7.07. The van der Waals surface area contributed by atoms with Gasteiger partial charge in [0.25, 0.3) is 0 Å². The maximum absolute atomic E-state index is 4.43. The number of aryl methyl sites for hydroxylation is 1. The Balaban J connectivity index is 1.41. The minimum atomic E-state index is 0.474. The maximum atomic E-state index is 4.43. The molecule has 3 aromatic rings. The second-order valence-corrected chi connectivity index (χ2v) is 6.90. The van der Waals surface area contributed by atoms with E-state index in [-0.39, 0.29) is 0 Å². The van der Waals surface area contributed by atoms with Crippen LogP contribution in [0.3, 0.4) is 0 Å². The Morgan fingerprint density at radius 3 is 2.96 bits per heavy atom. The molecule has 0 amide bonds. The molecule has 1 atom stereocenters. The third-order valence-corrected chi connectivity index (χ3v) is 5.01. The topological polar surface area (TPSA) is 54.2 Å². The van der Waals surface area contributed by atoms with Gasteiger partial charge in [-0.2, -0.15) is 11.3 Å². The molecule has 0 aliphatic heterocycles. The van der Waals surface area contributed by atoms with E-state index in [0.29, 0.717) is 5.92 Å². The quantitative estimate of drug-likeness (QED) is 0.388. The van der Waals surface area contributed by atoms with Gasteiger partial charge in [0, 0.05) is 26.7 Å². The molecule has 0 saturated heterocycles. The molecule has 2 aromatic heterocycles. The number of rotatable bonds is 7. The van der Waals surface area contributed by atoms with Gasteiger partial charge in [-0.25, -0.2) is 4.98 Å². The molecular weight excluding hydrogens is 330 g/mol. The molecule has 0 spiro atoms. The van der Waals surface area contributed by atoms with Crippen LogP contribution in [-0.4, -0.2) is 35.6 Å². The lowest BCUT2D eigenvalue weighted by molar-refractivity contribution is 0.631. The third kappa shape index (κ3) is 4.60. The summed E-state index contributed by atoms with van der Waals surface area (Å²) in [6.07, 6.45) is 2.93. The fraction of sp³-hybridized carbons (Fsp3) is 0.368. The molecular formula is C19H25N5S. The Bertz CT molecular complexity index is 806. The number of benzene rings is 1. The Morgan fingerprint density at radius 2 is 2.16 bits per heavy atom. The number of imidazole rings is 1. The van der Waals surface area contributed by atoms with Gasteiger partial charge in [-0.05, 0) is 46.9 Å². The summed E-state index contributed by atoms with van der Waals surface area (Å²) >= 11 is 1.74. The van der Waals surface area contributed by atoms with Crippen molar-refractivity contribution in [3.8, 4) is 0 Å². The first kappa shape index (κ1) is 17.5. The molecule has 6 heteroatoms. The fourth-order valence-electron chi connectivity index (χ4n) is 2.79. The van der Waals surface area contributed by atoms with E-state index in [1.54, 1.807) is 11.3 Å². The van der Waals surface area contributed by atoms with Crippen molar-refractivity contribution in [1.29, 1.82) is 0 Å². The number of fused-ring (bicyclic) bond motifs is 1. The Hall–Kier alpha value is -2.34. The standard InChI is InChI=1S/C19H25N5S/c1-15(16-8-11-25-13-16)12-22-19(20-2)21-9-5-10-24-14-23-17-6-3-4-7-18(17)24/h3-4,6-8,11,13-15H,5,9-10,12H2,1-2H3,(H2,20,21,22). The molecule has 132 valence electrons. The zero-order valence-electron chi connectivity index (χ0n) is 14.8. The van der Waals surface area contributed by atoms with E-state index >= 15 is 0 Å². The molecule has 25 heavy (non-hydrogen) atoms. The van der Waals surface area contributed by atoms with E-state index in [1.165, 1.54) is 11.1 Å². The van der Waals surface area contributed by atoms with E-state index in [0.717, 1.165) is 37.5 Å². The van der Waals surface area contributed by atoms with Crippen molar-refractivity contribution in [2.45, 2.75) is 25.8 Å². The summed E-state index contributed by atoms with van der Waals surface area (Å²) in [7, 11) is 1.81. The van der Waals surface area contributed by atoms with Crippen molar-refractivity contribution in [3.05, 3.63) is 53.0 Å². The molecule has 5 nitrogen and oxygen atoms in total. The van der Waals surface area contributed by atoms with Crippen molar-refractivity contribution in [2.24, 2.45) is 4.99 Å². The summed E-state index contributed by atoms with van der Waals surface area (Å²) in [5, 5.41) is 11.1. The van der Waals surface area contributed by atoms with Crippen molar-refractivity contribution in [2.75, 3.05) is 20.1 Å². The van der Waals surface area contributed by atoms with Crippen LogP contribution in [0.15, 0.2) is 52.4 Å². The largest absolute Gasteiger partial charge is 0.356 e. The van der Waals surface area contributed by atoms with E-state index < -0.39 is 0 Å². The second kappa shape index (κ2) is 8.67. The lowest BCUT2D eigenvalue weighted by Crippen LogP contribution is -2.39. The van der Waals surface area contributed by atoms with E-state index in [1.807, 2.05) is 25.5 Å². The minimum Gasteiger partial charge on any atom is -0.356 e. The van der Waals surface area contributed by atoms with Gasteiger partial charge in [0.05, 0.1) is 17.4 Å². The molecule has 0 aliphatic carbocycles. The molecule has 0 saturated carbocycles. The smallest absolute Gasteiger partial charge is 0.190 e. The predicted octanol–water partition coefficient (Wildman–Crippen LogP) is 3.46. The van der Waals surface area contributed by atoms with Crippen LogP contribution in [0.5, 0.6) is 0 Å². The Morgan fingerprint density at radius 1 is 1.28 bits per heavy atom. The number of aromatic nitrogens is 2. The maximum Gasteiger partial charge on any atom is 0.190 e. The number of para-hydroxylation sites is 2. The normalized spacial score (nSPS) is 13.1. The summed E-state index contributed by atoms with van der Waals surface area (Å²) in [4.78, 5) is 8.73. The zero-order valence-corrected chi connectivity index (χ0v) is 15.6. The SMILES string of the molecule is CN=C(NCCCn1cnc2ccccc21)NCC(C)c1ccsc1. The first-order valence-electron chi connectivity index (χ1n) is 8.64. The van der Waals surface area contributed by atoms with E-state index in [9.17, 15) is 0 Å². The molecule has 1 aromatic carbocycles. The molecule has 1 unspecified atom stereocenters. The van der Waals surface area contributed by atoms with Crippen LogP contribution in [0.1, 0.15) is 24.8 Å². The number of guanidine groups is 1. The van der Waals surface area contributed by atoms with Gasteiger partial charge >= 0.3 is 0 Å². The van der Waals surface area contributed by atoms with Crippen LogP contribution in [-0.2, 0) is 6.54 Å². The van der Waals surface area contributed by atoms with Gasteiger partial charge in [0.2, 0.25) is 0 Å². The highest BCUT2D eigenvalue weighted by Crippen LogP contribution is 2.17. The van der Waals surface area contributed by atoms with Crippen LogP contribution in [0.4, 0.5) is 0 Å². The highest BCUT2D eigenvalue weighted by Gasteiger charge is 2.07. The molecule has 0 fully saturated rings. The van der Waals surface area contributed by atoms with Gasteiger partial charge < -0.3 is 15.2 Å². The van der Waals surface area contributed by atoms with Gasteiger partial charge in [-0.3, -0.25) is 4.99 Å². The van der Waals surface area contributed by atoms with Crippen molar-refractivity contribution < 1.29 is 0 Å². The molecule has 2 heterocycles. The summed E-state index contributed by atoms with van der Waals surface area (Å²) in [6, 6.07) is 10.4. The molecule has 0 aliphatic rings. The van der Waals surface area contributed by atoms with Crippen molar-refractivity contribution >= 4 is 28.3 Å². The van der Waals surface area contributed by atoms with Crippen LogP contribution in [0.25, 0.3) is 11.0 Å². The zero-order chi connectivity index (χ0) is 17.5. The number of nitrogens with one attached hydrogen (secondary N) is 2. The van der Waals surface area contributed by atoms with Crippen LogP contribution >= 0.6 is 11.3 Å². The first-order chi connectivity index (χ1) is 12.3. The molecule has 2 N–H and O–H groups in total. The highest BCUT2D eigenvalue weighted by atomic mass is 32.1. The van der Waals surface area contributed by atoms with Gasteiger partial charge in [0.1, 0.15) is 0 Å². The second-order valence-electron chi connectivity index (χ2n) is 6.12. The van der Waals surface area contributed by atoms with Gasteiger partial charge in [0.15, 0.2) is 5.96 Å². The monoisotopic (exact) mass is 355 g/mol. The first-order valence-corrected chi connectivity index (χ1v) is 9.58. The lowest BCUT2D eigenvalue weighted by atomic mass is 10.1. The van der Waals surface area contributed by atoms with Crippen molar-refractivity contribution in [3.63, 3.8) is 0 Å². The van der Waals surface area contributed by atoms with Crippen LogP contribution < -0.4 is 10.6 Å². The van der Waals surface area contributed by atoms with E-state index in [4.69, 9.17) is 0 Å². The summed E-state index contributed by atoms with van der Waals surface area (Å²) in [6.45, 7) is 4.92. The predicted molar refractivity (Wildman–Crippen MR) is 106 cm³/mol. The molecule has 0 bridgehead atoms. The lowest BCUT2D eigenvalue weighted by Gasteiger charge is -2.15. The Labute approximate surface area is 152 Å². The number of nitrogens with zero attached hydrogens (tertiary/aromatic N) is 3. The van der Waals surface area contributed by atoms with Gasteiger partial charge in [-0.1, -0.05) is 19.1 Å².